The molecule has 0 unspecified atom stereocenters. The molecule has 0 saturated heterocycles. The zero-order valence-corrected chi connectivity index (χ0v) is 12.9. The van der Waals surface area contributed by atoms with E-state index in [0.29, 0.717) is 11.1 Å². The van der Waals surface area contributed by atoms with Crippen LogP contribution in [-0.4, -0.2) is 5.11 Å². The summed E-state index contributed by atoms with van der Waals surface area (Å²) in [6.07, 6.45) is 0. The number of phenols is 1. The number of nitrogens with zero attached hydrogens (tertiary/aromatic N) is 3. The van der Waals surface area contributed by atoms with Crippen LogP contribution in [0.4, 0.5) is 11.4 Å². The Hall–Kier alpha value is -3.19. The fourth-order valence-electron chi connectivity index (χ4n) is 2.63. The molecule has 3 aromatic carbocycles. The molecular weight excluding hydrogens is 286 g/mol. The van der Waals surface area contributed by atoms with Gasteiger partial charge in [0.15, 0.2) is 0 Å². The van der Waals surface area contributed by atoms with Crippen molar-refractivity contribution in [3.8, 4) is 11.8 Å². The van der Waals surface area contributed by atoms with Crippen LogP contribution < -0.4 is 0 Å². The fourth-order valence-corrected chi connectivity index (χ4v) is 2.63. The number of benzene rings is 3. The van der Waals surface area contributed by atoms with E-state index < -0.39 is 0 Å². The molecule has 4 heteroatoms. The molecular formula is C19H15N3O. The highest BCUT2D eigenvalue weighted by atomic mass is 16.3. The maximum atomic E-state index is 10.1. The fraction of sp³-hybridized carbons (Fsp3) is 0.105. The third-order valence-corrected chi connectivity index (χ3v) is 3.59. The third-order valence-electron chi connectivity index (χ3n) is 3.59. The first-order valence-corrected chi connectivity index (χ1v) is 7.23. The van der Waals surface area contributed by atoms with Crippen LogP contribution in [-0.2, 0) is 0 Å². The zero-order chi connectivity index (χ0) is 16.4. The Kier molecular flexibility index (Phi) is 3.78. The molecule has 23 heavy (non-hydrogen) atoms. The summed E-state index contributed by atoms with van der Waals surface area (Å²) >= 11 is 0. The Morgan fingerprint density at radius 1 is 0.913 bits per heavy atom. The molecule has 0 aliphatic carbocycles. The van der Waals surface area contributed by atoms with Crippen LogP contribution in [0.25, 0.3) is 10.8 Å². The normalized spacial score (nSPS) is 11.0. The number of hydrogen-bond donors (Lipinski definition) is 1. The lowest BCUT2D eigenvalue weighted by molar-refractivity contribution is 0.480. The Morgan fingerprint density at radius 2 is 1.57 bits per heavy atom. The van der Waals surface area contributed by atoms with E-state index in [9.17, 15) is 10.4 Å². The second-order valence-electron chi connectivity index (χ2n) is 5.50. The van der Waals surface area contributed by atoms with E-state index in [4.69, 9.17) is 0 Å². The highest BCUT2D eigenvalue weighted by molar-refractivity contribution is 5.98. The number of aromatic hydroxyl groups is 1. The monoisotopic (exact) mass is 301 g/mol. The minimum Gasteiger partial charge on any atom is -0.506 e. The van der Waals surface area contributed by atoms with Crippen molar-refractivity contribution < 1.29 is 5.11 Å². The Labute approximate surface area is 134 Å². The molecule has 0 saturated carbocycles. The van der Waals surface area contributed by atoms with Crippen LogP contribution in [0.2, 0.25) is 0 Å². The van der Waals surface area contributed by atoms with Gasteiger partial charge in [0.1, 0.15) is 11.8 Å². The molecule has 0 aromatic heterocycles. The minimum absolute atomic E-state index is 0.0200. The van der Waals surface area contributed by atoms with Gasteiger partial charge in [-0.3, -0.25) is 0 Å². The van der Waals surface area contributed by atoms with Gasteiger partial charge in [0.25, 0.3) is 0 Å². The quantitative estimate of drug-likeness (QED) is 0.639. The summed E-state index contributed by atoms with van der Waals surface area (Å²) < 4.78 is 0. The summed E-state index contributed by atoms with van der Waals surface area (Å²) in [5.41, 5.74) is 3.75. The maximum absolute atomic E-state index is 10.1. The highest BCUT2D eigenvalue weighted by Crippen LogP contribution is 2.36. The van der Waals surface area contributed by atoms with Crippen LogP contribution in [0.3, 0.4) is 0 Å². The van der Waals surface area contributed by atoms with Gasteiger partial charge in [0, 0.05) is 10.8 Å². The van der Waals surface area contributed by atoms with Gasteiger partial charge in [-0.15, -0.1) is 5.11 Å². The lowest BCUT2D eigenvalue weighted by Gasteiger charge is -2.06. The van der Waals surface area contributed by atoms with Gasteiger partial charge in [-0.05, 0) is 43.2 Å². The summed E-state index contributed by atoms with van der Waals surface area (Å²) in [4.78, 5) is 0. The first-order chi connectivity index (χ1) is 11.1. The molecule has 0 aliphatic rings. The molecule has 0 radical (unpaired) electrons. The second kappa shape index (κ2) is 5.90. The standard InChI is InChI=1S/C19H15N3O/c1-12-7-13(2)9-15(8-12)21-22-18-10-14(11-20)19(23)17-6-4-3-5-16(17)18/h3-10,23H,1-2H3. The van der Waals surface area contributed by atoms with Gasteiger partial charge in [-0.1, -0.05) is 30.3 Å². The van der Waals surface area contributed by atoms with Crippen LogP contribution in [0, 0.1) is 25.2 Å². The molecule has 3 rings (SSSR count). The van der Waals surface area contributed by atoms with Crippen LogP contribution in [0.1, 0.15) is 16.7 Å². The summed E-state index contributed by atoms with van der Waals surface area (Å²) in [7, 11) is 0. The van der Waals surface area contributed by atoms with Gasteiger partial charge in [-0.2, -0.15) is 10.4 Å². The lowest BCUT2D eigenvalue weighted by Crippen LogP contribution is -1.81. The molecule has 4 nitrogen and oxygen atoms in total. The molecule has 0 fully saturated rings. The SMILES string of the molecule is Cc1cc(C)cc(N=Nc2cc(C#N)c(O)c3ccccc23)c1. The first kappa shape index (κ1) is 14.7. The molecule has 0 amide bonds. The van der Waals surface area contributed by atoms with Gasteiger partial charge in [0.05, 0.1) is 16.9 Å². The van der Waals surface area contributed by atoms with E-state index in [1.807, 2.05) is 50.2 Å². The Bertz CT molecular complexity index is 948. The number of azo groups is 1. The number of hydrogen-bond acceptors (Lipinski definition) is 4. The average Bonchev–Trinajstić information content (AvgIpc) is 2.53. The van der Waals surface area contributed by atoms with Crippen molar-refractivity contribution in [2.24, 2.45) is 10.2 Å². The molecule has 0 atom stereocenters. The second-order valence-corrected chi connectivity index (χ2v) is 5.50. The Balaban J connectivity index is 2.14. The maximum Gasteiger partial charge on any atom is 0.141 e. The van der Waals surface area contributed by atoms with E-state index >= 15 is 0 Å². The predicted octanol–water partition coefficient (Wildman–Crippen LogP) is 5.45. The lowest BCUT2D eigenvalue weighted by atomic mass is 10.0. The topological polar surface area (TPSA) is 68.7 Å². The summed E-state index contributed by atoms with van der Waals surface area (Å²) in [5, 5.41) is 29.3. The van der Waals surface area contributed by atoms with Crippen molar-refractivity contribution in [3.05, 3.63) is 65.2 Å². The molecule has 0 bridgehead atoms. The van der Waals surface area contributed by atoms with Crippen LogP contribution >= 0.6 is 0 Å². The number of fused-ring (bicyclic) bond motifs is 1. The van der Waals surface area contributed by atoms with Crippen molar-refractivity contribution in [2.75, 3.05) is 0 Å². The van der Waals surface area contributed by atoms with Crippen LogP contribution in [0.5, 0.6) is 5.75 Å². The van der Waals surface area contributed by atoms with Crippen molar-refractivity contribution in [1.29, 1.82) is 5.26 Å². The van der Waals surface area contributed by atoms with Crippen molar-refractivity contribution in [3.63, 3.8) is 0 Å². The van der Waals surface area contributed by atoms with Crippen molar-refractivity contribution >= 4 is 22.1 Å². The number of aryl methyl sites for hydroxylation is 2. The van der Waals surface area contributed by atoms with E-state index in [0.717, 1.165) is 22.2 Å². The third kappa shape index (κ3) is 2.90. The predicted molar refractivity (Wildman–Crippen MR) is 90.4 cm³/mol. The Morgan fingerprint density at radius 3 is 2.22 bits per heavy atom. The van der Waals surface area contributed by atoms with E-state index in [1.54, 1.807) is 12.1 Å². The van der Waals surface area contributed by atoms with Crippen molar-refractivity contribution in [2.45, 2.75) is 13.8 Å². The molecule has 112 valence electrons. The van der Waals surface area contributed by atoms with Crippen molar-refractivity contribution in [1.82, 2.24) is 0 Å². The molecule has 0 heterocycles. The number of phenolic OH excluding ortho intramolecular Hbond substituents is 1. The minimum atomic E-state index is -0.0200. The van der Waals surface area contributed by atoms with Gasteiger partial charge >= 0.3 is 0 Å². The van der Waals surface area contributed by atoms with E-state index in [1.165, 1.54) is 0 Å². The van der Waals surface area contributed by atoms with Crippen LogP contribution in [0.15, 0.2) is 58.8 Å². The first-order valence-electron chi connectivity index (χ1n) is 7.23. The molecule has 3 aromatic rings. The largest absolute Gasteiger partial charge is 0.506 e. The average molecular weight is 301 g/mol. The van der Waals surface area contributed by atoms with E-state index in [-0.39, 0.29) is 11.3 Å². The van der Waals surface area contributed by atoms with Gasteiger partial charge in [-0.25, -0.2) is 0 Å². The summed E-state index contributed by atoms with van der Waals surface area (Å²) in [6.45, 7) is 4.02. The van der Waals surface area contributed by atoms with Gasteiger partial charge in [0.2, 0.25) is 0 Å². The summed E-state index contributed by atoms with van der Waals surface area (Å²) in [6, 6.07) is 16.8. The molecule has 0 spiro atoms. The molecule has 1 N–H and O–H groups in total. The molecule has 0 aliphatic heterocycles. The smallest absolute Gasteiger partial charge is 0.141 e. The zero-order valence-electron chi connectivity index (χ0n) is 12.9. The highest BCUT2D eigenvalue weighted by Gasteiger charge is 2.10. The summed E-state index contributed by atoms with van der Waals surface area (Å²) in [5.74, 6) is -0.0200. The van der Waals surface area contributed by atoms with E-state index in [2.05, 4.69) is 16.3 Å². The number of nitriles is 1. The number of rotatable bonds is 2. The van der Waals surface area contributed by atoms with Gasteiger partial charge < -0.3 is 5.11 Å².